The summed E-state index contributed by atoms with van der Waals surface area (Å²) in [5, 5.41) is 13.8. The minimum atomic E-state index is -0.278. The number of halogens is 1. The maximum Gasteiger partial charge on any atom is 0.237 e. The molecule has 1 aliphatic heterocycles. The maximum atomic E-state index is 13.6. The van der Waals surface area contributed by atoms with Crippen LogP contribution in [0.4, 0.5) is 4.39 Å². The number of benzene rings is 2. The lowest BCUT2D eigenvalue weighted by molar-refractivity contribution is 0.214. The van der Waals surface area contributed by atoms with Gasteiger partial charge in [0.1, 0.15) is 11.6 Å². The van der Waals surface area contributed by atoms with E-state index >= 15 is 0 Å². The Balaban J connectivity index is 1.36. The maximum absolute atomic E-state index is 13.6. The average molecular weight is 495 g/mol. The molecule has 0 saturated carbocycles. The van der Waals surface area contributed by atoms with E-state index in [1.54, 1.807) is 12.1 Å². The Hall–Kier alpha value is -3.24. The summed E-state index contributed by atoms with van der Waals surface area (Å²) in [5.41, 5.74) is 1.61. The van der Waals surface area contributed by atoms with Crippen molar-refractivity contribution in [2.24, 2.45) is 0 Å². The molecule has 10 heteroatoms. The molecule has 0 unspecified atom stereocenters. The van der Waals surface area contributed by atoms with Crippen molar-refractivity contribution >= 4 is 11.8 Å². The van der Waals surface area contributed by atoms with E-state index in [-0.39, 0.29) is 5.82 Å². The van der Waals surface area contributed by atoms with Gasteiger partial charge >= 0.3 is 0 Å². The molecule has 0 radical (unpaired) electrons. The molecular weight excluding hydrogens is 467 g/mol. The SMILES string of the molecule is CCOc1ccccc1-c1noc(CSc2nnc(CN3CCCCC3)n2-c2ccc(F)cc2)n1. The van der Waals surface area contributed by atoms with E-state index < -0.39 is 0 Å². The van der Waals surface area contributed by atoms with E-state index in [2.05, 4.69) is 25.2 Å². The Morgan fingerprint density at radius 1 is 1.03 bits per heavy atom. The zero-order valence-corrected chi connectivity index (χ0v) is 20.4. The summed E-state index contributed by atoms with van der Waals surface area (Å²) in [6.45, 7) is 5.28. The second-order valence-electron chi connectivity index (χ2n) is 8.28. The normalized spacial score (nSPS) is 14.3. The second-order valence-corrected chi connectivity index (χ2v) is 9.22. The second kappa shape index (κ2) is 11.0. The number of para-hydroxylation sites is 1. The Bertz CT molecular complexity index is 1250. The first-order valence-electron chi connectivity index (χ1n) is 11.8. The third kappa shape index (κ3) is 5.54. The third-order valence-corrected chi connectivity index (χ3v) is 6.73. The van der Waals surface area contributed by atoms with Gasteiger partial charge in [-0.15, -0.1) is 10.2 Å². The zero-order valence-electron chi connectivity index (χ0n) is 19.6. The lowest BCUT2D eigenvalue weighted by Crippen LogP contribution is -2.30. The predicted octanol–water partition coefficient (Wildman–Crippen LogP) is 5.13. The van der Waals surface area contributed by atoms with Crippen molar-refractivity contribution in [2.45, 2.75) is 43.6 Å². The lowest BCUT2D eigenvalue weighted by atomic mass is 10.1. The van der Waals surface area contributed by atoms with Crippen LogP contribution in [0.3, 0.4) is 0 Å². The summed E-state index contributed by atoms with van der Waals surface area (Å²) in [6.07, 6.45) is 3.65. The number of likely N-dealkylation sites (tertiary alicyclic amines) is 1. The highest BCUT2D eigenvalue weighted by Gasteiger charge is 2.20. The highest BCUT2D eigenvalue weighted by molar-refractivity contribution is 7.98. The van der Waals surface area contributed by atoms with Gasteiger partial charge in [0.2, 0.25) is 11.7 Å². The fourth-order valence-corrected chi connectivity index (χ4v) is 4.95. The number of piperidine rings is 1. The van der Waals surface area contributed by atoms with Crippen LogP contribution in [-0.2, 0) is 12.3 Å². The van der Waals surface area contributed by atoms with Crippen LogP contribution in [0.5, 0.6) is 5.75 Å². The van der Waals surface area contributed by atoms with E-state index in [1.165, 1.54) is 43.2 Å². The number of hydrogen-bond donors (Lipinski definition) is 0. The summed E-state index contributed by atoms with van der Waals surface area (Å²) >= 11 is 1.45. The molecule has 5 rings (SSSR count). The van der Waals surface area contributed by atoms with Gasteiger partial charge in [-0.25, -0.2) is 4.39 Å². The van der Waals surface area contributed by atoms with Gasteiger partial charge in [-0.3, -0.25) is 9.47 Å². The number of thioether (sulfide) groups is 1. The highest BCUT2D eigenvalue weighted by atomic mass is 32.2. The van der Waals surface area contributed by atoms with E-state index in [0.29, 0.717) is 41.5 Å². The standard InChI is InChI=1S/C25H27FN6O2S/c1-2-33-21-9-5-4-8-20(21)24-27-23(34-30-24)17-35-25-29-28-22(16-31-14-6-3-7-15-31)32(25)19-12-10-18(26)11-13-19/h4-5,8-13H,2-3,6-7,14-17H2,1H3. The van der Waals surface area contributed by atoms with Crippen LogP contribution in [-0.4, -0.2) is 49.5 Å². The molecule has 0 aliphatic carbocycles. The van der Waals surface area contributed by atoms with Gasteiger partial charge in [-0.05, 0) is 69.3 Å². The molecule has 35 heavy (non-hydrogen) atoms. The van der Waals surface area contributed by atoms with Crippen molar-refractivity contribution in [3.8, 4) is 22.8 Å². The van der Waals surface area contributed by atoms with Crippen LogP contribution >= 0.6 is 11.8 Å². The highest BCUT2D eigenvalue weighted by Crippen LogP contribution is 2.30. The Labute approximate surface area is 207 Å². The molecule has 4 aromatic rings. The smallest absolute Gasteiger partial charge is 0.237 e. The molecule has 0 spiro atoms. The van der Waals surface area contributed by atoms with Gasteiger partial charge in [-0.1, -0.05) is 35.5 Å². The first-order chi connectivity index (χ1) is 17.2. The molecule has 0 atom stereocenters. The predicted molar refractivity (Wildman–Crippen MR) is 131 cm³/mol. The molecule has 1 saturated heterocycles. The monoisotopic (exact) mass is 494 g/mol. The van der Waals surface area contributed by atoms with Crippen molar-refractivity contribution in [1.82, 2.24) is 29.8 Å². The van der Waals surface area contributed by atoms with Crippen molar-refractivity contribution < 1.29 is 13.7 Å². The summed E-state index contributed by atoms with van der Waals surface area (Å²) in [4.78, 5) is 6.95. The van der Waals surface area contributed by atoms with Gasteiger partial charge in [0.05, 0.1) is 24.5 Å². The van der Waals surface area contributed by atoms with Crippen LogP contribution in [0.2, 0.25) is 0 Å². The van der Waals surface area contributed by atoms with Crippen LogP contribution in [0, 0.1) is 5.82 Å². The van der Waals surface area contributed by atoms with Gasteiger partial charge in [0.25, 0.3) is 0 Å². The molecule has 3 heterocycles. The third-order valence-electron chi connectivity index (χ3n) is 5.82. The van der Waals surface area contributed by atoms with E-state index in [1.807, 2.05) is 35.8 Å². The van der Waals surface area contributed by atoms with Crippen molar-refractivity contribution in [1.29, 1.82) is 0 Å². The summed E-state index contributed by atoms with van der Waals surface area (Å²) in [6, 6.07) is 14.0. The molecule has 0 amide bonds. The molecule has 0 N–H and O–H groups in total. The Morgan fingerprint density at radius 2 is 1.83 bits per heavy atom. The fourth-order valence-electron chi connectivity index (χ4n) is 4.15. The van der Waals surface area contributed by atoms with Gasteiger partial charge in [-0.2, -0.15) is 4.98 Å². The molecule has 2 aromatic heterocycles. The fraction of sp³-hybridized carbons (Fsp3) is 0.360. The summed E-state index contributed by atoms with van der Waals surface area (Å²) < 4.78 is 26.8. The Kier molecular flexibility index (Phi) is 7.39. The van der Waals surface area contributed by atoms with Crippen LogP contribution in [0.1, 0.15) is 37.9 Å². The summed E-state index contributed by atoms with van der Waals surface area (Å²) in [5.74, 6) is 2.65. The molecule has 1 fully saturated rings. The van der Waals surface area contributed by atoms with Crippen molar-refractivity contribution in [3.05, 3.63) is 66.1 Å². The van der Waals surface area contributed by atoms with Crippen LogP contribution in [0.15, 0.2) is 58.2 Å². The van der Waals surface area contributed by atoms with Crippen LogP contribution < -0.4 is 4.74 Å². The number of aromatic nitrogens is 5. The van der Waals surface area contributed by atoms with E-state index in [0.717, 1.165) is 30.2 Å². The topological polar surface area (TPSA) is 82.1 Å². The largest absolute Gasteiger partial charge is 0.493 e. The Morgan fingerprint density at radius 3 is 2.63 bits per heavy atom. The van der Waals surface area contributed by atoms with Crippen LogP contribution in [0.25, 0.3) is 17.1 Å². The minimum absolute atomic E-state index is 0.278. The number of nitrogens with zero attached hydrogens (tertiary/aromatic N) is 6. The number of ether oxygens (including phenoxy) is 1. The molecule has 182 valence electrons. The molecule has 1 aliphatic rings. The van der Waals surface area contributed by atoms with E-state index in [9.17, 15) is 4.39 Å². The van der Waals surface area contributed by atoms with Crippen molar-refractivity contribution in [2.75, 3.05) is 19.7 Å². The molecule has 0 bridgehead atoms. The number of rotatable bonds is 9. The average Bonchev–Trinajstić information content (AvgIpc) is 3.52. The quantitative estimate of drug-likeness (QED) is 0.296. The van der Waals surface area contributed by atoms with Gasteiger partial charge in [0, 0.05) is 5.69 Å². The van der Waals surface area contributed by atoms with Gasteiger partial charge < -0.3 is 9.26 Å². The molecular formula is C25H27FN6O2S. The lowest BCUT2D eigenvalue weighted by Gasteiger charge is -2.26. The first kappa shape index (κ1) is 23.5. The molecule has 2 aromatic carbocycles. The zero-order chi connectivity index (χ0) is 24.0. The summed E-state index contributed by atoms with van der Waals surface area (Å²) in [7, 11) is 0. The minimum Gasteiger partial charge on any atom is -0.493 e. The van der Waals surface area contributed by atoms with Crippen molar-refractivity contribution in [3.63, 3.8) is 0 Å². The van der Waals surface area contributed by atoms with Gasteiger partial charge in [0.15, 0.2) is 11.0 Å². The van der Waals surface area contributed by atoms with E-state index in [4.69, 9.17) is 9.26 Å². The first-order valence-corrected chi connectivity index (χ1v) is 12.8. The molecule has 8 nitrogen and oxygen atoms in total. The number of hydrogen-bond acceptors (Lipinski definition) is 8.